The Morgan fingerprint density at radius 1 is 1.71 bits per heavy atom. The van der Waals surface area contributed by atoms with E-state index in [0.29, 0.717) is 0 Å². The second kappa shape index (κ2) is 6.83. The molecule has 0 aliphatic rings. The first-order valence-corrected chi connectivity index (χ1v) is 3.04. The van der Waals surface area contributed by atoms with Gasteiger partial charge >= 0.3 is 17.1 Å². The van der Waals surface area contributed by atoms with Gasteiger partial charge in [-0.3, -0.25) is 0 Å². The zero-order valence-electron chi connectivity index (χ0n) is 4.62. The van der Waals surface area contributed by atoms with Crippen molar-refractivity contribution in [1.29, 1.82) is 0 Å². The Morgan fingerprint density at radius 3 is 2.14 bits per heavy atom. The van der Waals surface area contributed by atoms with Crippen LogP contribution in [0.2, 0.25) is 0 Å². The van der Waals surface area contributed by atoms with Crippen LogP contribution in [0.15, 0.2) is 0 Å². The summed E-state index contributed by atoms with van der Waals surface area (Å²) in [5.74, 6) is 0. The minimum absolute atomic E-state index is 0. The van der Waals surface area contributed by atoms with E-state index in [2.05, 4.69) is 19.0 Å². The van der Waals surface area contributed by atoms with Crippen LogP contribution in [0.5, 0.6) is 0 Å². The zero-order chi connectivity index (χ0) is 4.99. The van der Waals surface area contributed by atoms with Gasteiger partial charge in [-0.1, -0.05) is 6.92 Å². The molecule has 1 nitrogen and oxygen atoms in total. The van der Waals surface area contributed by atoms with E-state index in [1.807, 2.05) is 0 Å². The van der Waals surface area contributed by atoms with Gasteiger partial charge in [-0.2, -0.15) is 13.3 Å². The van der Waals surface area contributed by atoms with E-state index in [1.54, 1.807) is 11.9 Å². The monoisotopic (exact) mass is 168 g/mol. The van der Waals surface area contributed by atoms with Crippen molar-refractivity contribution in [3.63, 3.8) is 0 Å². The fourth-order valence-corrected chi connectivity index (χ4v) is 0.306. The molecule has 0 atom stereocenters. The van der Waals surface area contributed by atoms with Gasteiger partial charge in [-0.25, -0.2) is 5.25 Å². The first-order valence-electron chi connectivity index (χ1n) is 2.05. The SMILES string of the molecule is CC[C-](C)S[NH3+].[Cu+]. The van der Waals surface area contributed by atoms with E-state index in [4.69, 9.17) is 0 Å². The summed E-state index contributed by atoms with van der Waals surface area (Å²) >= 11 is 1.59. The quantitative estimate of drug-likeness (QED) is 0.370. The second-order valence-electron chi connectivity index (χ2n) is 1.20. The van der Waals surface area contributed by atoms with Crippen LogP contribution in [0.4, 0.5) is 0 Å². The molecule has 0 bridgehead atoms. The Morgan fingerprint density at radius 2 is 2.14 bits per heavy atom. The Bertz CT molecular complexity index is 30.9. The van der Waals surface area contributed by atoms with Gasteiger partial charge in [0.2, 0.25) is 0 Å². The fraction of sp³-hybridized carbons (Fsp3) is 0.750. The summed E-state index contributed by atoms with van der Waals surface area (Å²) in [5, 5.41) is 5.03. The number of hydrogen-bond acceptors (Lipinski definition) is 1. The Hall–Kier alpha value is 0.829. The van der Waals surface area contributed by atoms with Gasteiger partial charge in [-0.05, 0) is 0 Å². The van der Waals surface area contributed by atoms with Crippen molar-refractivity contribution in [2.24, 2.45) is 0 Å². The van der Waals surface area contributed by atoms with E-state index in [-0.39, 0.29) is 17.1 Å². The molecular formula is C4H11CuNS+. The van der Waals surface area contributed by atoms with Crippen LogP contribution in [-0.4, -0.2) is 0 Å². The molecule has 0 rings (SSSR count). The minimum Gasteiger partial charge on any atom is -0.324 e. The van der Waals surface area contributed by atoms with Gasteiger partial charge in [0, 0.05) is 0 Å². The normalized spacial score (nSPS) is 8.57. The summed E-state index contributed by atoms with van der Waals surface area (Å²) < 4.78 is 0. The molecule has 0 saturated heterocycles. The maximum atomic E-state index is 3.64. The molecule has 0 aliphatic carbocycles. The van der Waals surface area contributed by atoms with Crippen LogP contribution in [0, 0.1) is 5.25 Å². The van der Waals surface area contributed by atoms with E-state index in [1.165, 1.54) is 5.25 Å². The van der Waals surface area contributed by atoms with E-state index in [9.17, 15) is 0 Å². The summed E-state index contributed by atoms with van der Waals surface area (Å²) in [6, 6.07) is 0. The Kier molecular flexibility index (Phi) is 10.5. The predicted octanol–water partition coefficient (Wildman–Crippen LogP) is 0.836. The molecule has 0 amide bonds. The number of hydrogen-bond donors (Lipinski definition) is 1. The molecule has 0 saturated carbocycles. The predicted molar refractivity (Wildman–Crippen MR) is 29.7 cm³/mol. The smallest absolute Gasteiger partial charge is 0.324 e. The maximum absolute atomic E-state index is 3.64. The molecule has 0 spiro atoms. The second-order valence-corrected chi connectivity index (χ2v) is 2.19. The van der Waals surface area contributed by atoms with Crippen LogP contribution in [0.1, 0.15) is 20.3 Å². The Balaban J connectivity index is 0. The van der Waals surface area contributed by atoms with Crippen LogP contribution in [-0.2, 0) is 17.1 Å². The molecule has 0 aromatic rings. The van der Waals surface area contributed by atoms with Crippen molar-refractivity contribution in [3.05, 3.63) is 5.25 Å². The van der Waals surface area contributed by atoms with Gasteiger partial charge in [-0.15, -0.1) is 11.9 Å². The van der Waals surface area contributed by atoms with Crippen molar-refractivity contribution in [2.45, 2.75) is 20.3 Å². The maximum Gasteiger partial charge on any atom is 1.00 e. The molecule has 0 fully saturated rings. The third-order valence-electron chi connectivity index (χ3n) is 0.744. The molecule has 0 unspecified atom stereocenters. The van der Waals surface area contributed by atoms with Gasteiger partial charge in [0.15, 0.2) is 0 Å². The van der Waals surface area contributed by atoms with Crippen molar-refractivity contribution in [3.8, 4) is 0 Å². The molecule has 3 heteroatoms. The van der Waals surface area contributed by atoms with Gasteiger partial charge in [0.1, 0.15) is 0 Å². The molecule has 0 aromatic heterocycles. The average Bonchev–Trinajstić information content (AvgIpc) is 1.65. The third-order valence-corrected chi connectivity index (χ3v) is 1.53. The summed E-state index contributed by atoms with van der Waals surface area (Å²) in [4.78, 5) is 0. The van der Waals surface area contributed by atoms with Gasteiger partial charge < -0.3 is 5.14 Å². The molecular weight excluding hydrogens is 158 g/mol. The molecule has 3 N–H and O–H groups in total. The topological polar surface area (TPSA) is 27.6 Å². The molecule has 0 aromatic carbocycles. The average molecular weight is 169 g/mol. The summed E-state index contributed by atoms with van der Waals surface area (Å²) in [6.45, 7) is 4.23. The van der Waals surface area contributed by atoms with Crippen molar-refractivity contribution in [1.82, 2.24) is 0 Å². The van der Waals surface area contributed by atoms with Crippen LogP contribution < -0.4 is 5.14 Å². The minimum atomic E-state index is 0. The molecule has 7 heavy (non-hydrogen) atoms. The van der Waals surface area contributed by atoms with Crippen LogP contribution in [0.3, 0.4) is 0 Å². The first-order chi connectivity index (χ1) is 2.81. The van der Waals surface area contributed by atoms with Crippen molar-refractivity contribution >= 4 is 11.9 Å². The molecule has 0 radical (unpaired) electrons. The van der Waals surface area contributed by atoms with E-state index < -0.39 is 0 Å². The van der Waals surface area contributed by atoms with Gasteiger partial charge in [0.25, 0.3) is 0 Å². The Labute approximate surface area is 60.0 Å². The molecule has 0 heterocycles. The van der Waals surface area contributed by atoms with E-state index in [0.717, 1.165) is 6.42 Å². The largest absolute Gasteiger partial charge is 1.00 e. The summed E-state index contributed by atoms with van der Waals surface area (Å²) in [5.41, 5.74) is 0. The van der Waals surface area contributed by atoms with Crippen molar-refractivity contribution < 1.29 is 22.2 Å². The summed E-state index contributed by atoms with van der Waals surface area (Å²) in [6.07, 6.45) is 1.15. The summed E-state index contributed by atoms with van der Waals surface area (Å²) in [7, 11) is 0. The molecule has 0 aliphatic heterocycles. The zero-order valence-corrected chi connectivity index (χ0v) is 6.38. The first kappa shape index (κ1) is 10.7. The standard InChI is InChI=1S/C4H10NS.Cu/c1-3-4(2)6-5;/h3,5H2,1-2H3;/q-1;+1/p+1. The molecule has 48 valence electrons. The fourth-order valence-electron chi connectivity index (χ4n) is 0.102. The van der Waals surface area contributed by atoms with Crippen LogP contribution in [0.25, 0.3) is 0 Å². The van der Waals surface area contributed by atoms with Crippen LogP contribution >= 0.6 is 11.9 Å². The number of rotatable bonds is 2. The third kappa shape index (κ3) is 6.83. The van der Waals surface area contributed by atoms with E-state index >= 15 is 0 Å². The van der Waals surface area contributed by atoms with Gasteiger partial charge in [0.05, 0.1) is 0 Å². The van der Waals surface area contributed by atoms with Crippen molar-refractivity contribution in [2.75, 3.05) is 0 Å². The number of quaternary nitrogens is 1.